The summed E-state index contributed by atoms with van der Waals surface area (Å²) in [7, 11) is 0. The van der Waals surface area contributed by atoms with Crippen molar-refractivity contribution in [3.05, 3.63) is 22.5 Å². The second kappa shape index (κ2) is 2.67. The van der Waals surface area contributed by atoms with Crippen molar-refractivity contribution in [1.29, 1.82) is 0 Å². The fourth-order valence-corrected chi connectivity index (χ4v) is 0.380. The van der Waals surface area contributed by atoms with Crippen LogP contribution < -0.4 is 5.43 Å². The van der Waals surface area contributed by atoms with E-state index in [1.165, 1.54) is 12.4 Å². The molecule has 1 heterocycles. The molecule has 0 atom stereocenters. The molecular formula is C3H3N5O2. The first-order valence-electron chi connectivity index (χ1n) is 2.34. The molecule has 0 saturated heterocycles. The third-order valence-corrected chi connectivity index (χ3v) is 0.674. The van der Waals surface area contributed by atoms with E-state index in [1.807, 2.05) is 0 Å². The molecule has 0 aliphatic rings. The molecule has 0 aromatic carbocycles. The Morgan fingerprint density at radius 3 is 2.90 bits per heavy atom. The average Bonchev–Trinajstić information content (AvgIpc) is 1.88. The molecule has 1 aromatic rings. The molecule has 0 amide bonds. The number of nitrogens with one attached hydrogen (secondary N) is 1. The minimum atomic E-state index is -0.753. The quantitative estimate of drug-likeness (QED) is 0.439. The van der Waals surface area contributed by atoms with Crippen molar-refractivity contribution in [1.82, 2.24) is 15.2 Å². The highest BCUT2D eigenvalue weighted by Gasteiger charge is 1.98. The number of hydrogen-bond acceptors (Lipinski definition) is 5. The maximum atomic E-state index is 9.76. The van der Waals surface area contributed by atoms with Gasteiger partial charge >= 0.3 is 5.95 Å². The van der Waals surface area contributed by atoms with Gasteiger partial charge in [-0.15, -0.1) is 5.10 Å². The first kappa shape index (κ1) is 6.33. The minimum Gasteiger partial charge on any atom is -0.234 e. The standard InChI is InChI=1S/C3H3N5O2/c9-8(10)7-3-4-1-2-5-6-3/h1-2H,(H,4,6,7). The topological polar surface area (TPSA) is 93.8 Å². The van der Waals surface area contributed by atoms with Gasteiger partial charge in [0.05, 0.1) is 12.4 Å². The Balaban J connectivity index is 2.67. The molecule has 0 fully saturated rings. The molecule has 1 rings (SSSR count). The zero-order valence-electron chi connectivity index (χ0n) is 4.76. The Morgan fingerprint density at radius 2 is 2.40 bits per heavy atom. The van der Waals surface area contributed by atoms with Crippen LogP contribution in [0.15, 0.2) is 12.4 Å². The highest BCUT2D eigenvalue weighted by molar-refractivity contribution is 5.14. The SMILES string of the molecule is O=[N+]([O-])Nc1nccnn1. The van der Waals surface area contributed by atoms with E-state index in [1.54, 1.807) is 5.43 Å². The first-order chi connectivity index (χ1) is 4.79. The van der Waals surface area contributed by atoms with E-state index in [-0.39, 0.29) is 5.95 Å². The first-order valence-corrected chi connectivity index (χ1v) is 2.34. The zero-order chi connectivity index (χ0) is 7.40. The number of hydrazine groups is 1. The summed E-state index contributed by atoms with van der Waals surface area (Å²) in [6.45, 7) is 0. The molecule has 7 nitrogen and oxygen atoms in total. The Labute approximate surface area is 55.2 Å². The van der Waals surface area contributed by atoms with Gasteiger partial charge in [-0.2, -0.15) is 5.10 Å². The van der Waals surface area contributed by atoms with Gasteiger partial charge in [0.2, 0.25) is 0 Å². The van der Waals surface area contributed by atoms with Gasteiger partial charge in [-0.05, 0) is 0 Å². The lowest BCUT2D eigenvalue weighted by Crippen LogP contribution is -2.10. The van der Waals surface area contributed by atoms with Crippen molar-refractivity contribution in [2.45, 2.75) is 0 Å². The summed E-state index contributed by atoms with van der Waals surface area (Å²) in [5, 5.41) is 15.7. The van der Waals surface area contributed by atoms with Gasteiger partial charge in [-0.25, -0.2) is 15.1 Å². The number of nitrogens with zero attached hydrogens (tertiary/aromatic N) is 4. The molecule has 1 N–H and O–H groups in total. The molecule has 1 aromatic heterocycles. The zero-order valence-corrected chi connectivity index (χ0v) is 4.76. The van der Waals surface area contributed by atoms with Crippen molar-refractivity contribution in [2.75, 3.05) is 5.43 Å². The Hall–Kier alpha value is -1.79. The van der Waals surface area contributed by atoms with E-state index in [4.69, 9.17) is 0 Å². The fourth-order valence-electron chi connectivity index (χ4n) is 0.380. The van der Waals surface area contributed by atoms with E-state index in [2.05, 4.69) is 15.2 Å². The van der Waals surface area contributed by atoms with Crippen LogP contribution in [0.2, 0.25) is 0 Å². The molecule has 10 heavy (non-hydrogen) atoms. The smallest absolute Gasteiger partial charge is 0.234 e. The summed E-state index contributed by atoms with van der Waals surface area (Å²) in [6.07, 6.45) is 2.63. The largest absolute Gasteiger partial charge is 0.303 e. The van der Waals surface area contributed by atoms with Crippen LogP contribution >= 0.6 is 0 Å². The van der Waals surface area contributed by atoms with Gasteiger partial charge in [0, 0.05) is 0 Å². The Kier molecular flexibility index (Phi) is 1.69. The summed E-state index contributed by atoms with van der Waals surface area (Å²) in [6, 6.07) is 0. The molecule has 0 radical (unpaired) electrons. The summed E-state index contributed by atoms with van der Waals surface area (Å²) < 4.78 is 0. The van der Waals surface area contributed by atoms with Crippen LogP contribution in [0.3, 0.4) is 0 Å². The summed E-state index contributed by atoms with van der Waals surface area (Å²) in [4.78, 5) is 13.2. The van der Waals surface area contributed by atoms with Gasteiger partial charge < -0.3 is 0 Å². The maximum Gasteiger partial charge on any atom is 0.303 e. The summed E-state index contributed by atoms with van der Waals surface area (Å²) >= 11 is 0. The van der Waals surface area contributed by atoms with Crippen LogP contribution in [0.5, 0.6) is 0 Å². The van der Waals surface area contributed by atoms with Gasteiger partial charge in [0.1, 0.15) is 0 Å². The Morgan fingerprint density at radius 1 is 1.60 bits per heavy atom. The monoisotopic (exact) mass is 141 g/mol. The van der Waals surface area contributed by atoms with E-state index >= 15 is 0 Å². The second-order valence-electron chi connectivity index (χ2n) is 1.34. The number of aromatic nitrogens is 3. The minimum absolute atomic E-state index is 0.118. The van der Waals surface area contributed by atoms with Crippen molar-refractivity contribution in [3.63, 3.8) is 0 Å². The fraction of sp³-hybridized carbons (Fsp3) is 0. The molecule has 0 saturated carbocycles. The van der Waals surface area contributed by atoms with Crippen molar-refractivity contribution in [2.24, 2.45) is 0 Å². The number of hydrogen-bond donors (Lipinski definition) is 1. The van der Waals surface area contributed by atoms with E-state index < -0.39 is 5.03 Å². The van der Waals surface area contributed by atoms with E-state index in [9.17, 15) is 10.1 Å². The molecular weight excluding hydrogens is 138 g/mol. The van der Waals surface area contributed by atoms with Crippen molar-refractivity contribution < 1.29 is 5.03 Å². The van der Waals surface area contributed by atoms with Crippen LogP contribution in [0.4, 0.5) is 5.95 Å². The molecule has 0 unspecified atom stereocenters. The lowest BCUT2D eigenvalue weighted by atomic mass is 10.9. The van der Waals surface area contributed by atoms with Crippen LogP contribution in [-0.2, 0) is 0 Å². The highest BCUT2D eigenvalue weighted by Crippen LogP contribution is 1.88. The second-order valence-corrected chi connectivity index (χ2v) is 1.34. The van der Waals surface area contributed by atoms with Gasteiger partial charge in [-0.3, -0.25) is 0 Å². The number of rotatable bonds is 2. The van der Waals surface area contributed by atoms with Gasteiger partial charge in [0.25, 0.3) is 0 Å². The maximum absolute atomic E-state index is 9.76. The lowest BCUT2D eigenvalue weighted by molar-refractivity contribution is -0.446. The predicted octanol–water partition coefficient (Wildman–Crippen LogP) is -0.525. The van der Waals surface area contributed by atoms with Crippen molar-refractivity contribution in [3.8, 4) is 0 Å². The van der Waals surface area contributed by atoms with Crippen LogP contribution in [0, 0.1) is 10.1 Å². The normalized spacial score (nSPS) is 8.80. The summed E-state index contributed by atoms with van der Waals surface area (Å²) in [5.41, 5.74) is 1.74. The van der Waals surface area contributed by atoms with E-state index in [0.717, 1.165) is 0 Å². The third kappa shape index (κ3) is 1.62. The predicted molar refractivity (Wildman–Crippen MR) is 30.4 cm³/mol. The molecule has 52 valence electrons. The van der Waals surface area contributed by atoms with Gasteiger partial charge in [0.15, 0.2) is 5.03 Å². The lowest BCUT2D eigenvalue weighted by Gasteiger charge is -1.89. The van der Waals surface area contributed by atoms with E-state index in [0.29, 0.717) is 0 Å². The number of anilines is 1. The molecule has 0 bridgehead atoms. The third-order valence-electron chi connectivity index (χ3n) is 0.674. The molecule has 0 aliphatic carbocycles. The van der Waals surface area contributed by atoms with Crippen LogP contribution in [0.25, 0.3) is 0 Å². The van der Waals surface area contributed by atoms with Crippen LogP contribution in [0.1, 0.15) is 0 Å². The molecule has 0 aliphatic heterocycles. The Bertz CT molecular complexity index is 224. The molecule has 7 heteroatoms. The van der Waals surface area contributed by atoms with Crippen LogP contribution in [-0.4, -0.2) is 20.2 Å². The summed E-state index contributed by atoms with van der Waals surface area (Å²) in [5.74, 6) is -0.118. The van der Waals surface area contributed by atoms with Crippen molar-refractivity contribution >= 4 is 5.95 Å². The average molecular weight is 141 g/mol. The molecule has 0 spiro atoms. The number of nitro groups is 1. The highest BCUT2D eigenvalue weighted by atomic mass is 16.7. The van der Waals surface area contributed by atoms with Gasteiger partial charge in [-0.1, -0.05) is 5.43 Å².